The number of benzene rings is 1. The number of pyridine rings is 1. The molecule has 0 amide bonds. The lowest BCUT2D eigenvalue weighted by atomic mass is 10.1. The summed E-state index contributed by atoms with van der Waals surface area (Å²) in [6, 6.07) is 7.02. The molecular formula is C15H12F3N3. The first-order chi connectivity index (χ1) is 9.90. The van der Waals surface area contributed by atoms with E-state index in [1.807, 2.05) is 13.0 Å². The number of rotatable bonds is 3. The number of aryl methyl sites for hydroxylation is 1. The van der Waals surface area contributed by atoms with Crippen molar-refractivity contribution >= 4 is 5.69 Å². The van der Waals surface area contributed by atoms with Crippen molar-refractivity contribution in [1.82, 2.24) is 4.98 Å². The molecule has 0 unspecified atom stereocenters. The van der Waals surface area contributed by atoms with E-state index in [0.717, 1.165) is 17.2 Å². The number of nitrogens with one attached hydrogen (secondary N) is 1. The third-order valence-corrected chi connectivity index (χ3v) is 2.87. The second-order valence-electron chi connectivity index (χ2n) is 4.59. The van der Waals surface area contributed by atoms with Crippen LogP contribution >= 0.6 is 0 Å². The molecule has 0 aliphatic rings. The fourth-order valence-corrected chi connectivity index (χ4v) is 1.90. The zero-order valence-corrected chi connectivity index (χ0v) is 11.2. The zero-order chi connectivity index (χ0) is 15.5. The highest BCUT2D eigenvalue weighted by Crippen LogP contribution is 2.33. The number of anilines is 1. The number of hydrogen-bond acceptors (Lipinski definition) is 3. The van der Waals surface area contributed by atoms with E-state index in [1.54, 1.807) is 18.5 Å². The molecule has 1 N–H and O–H groups in total. The number of aromatic nitrogens is 1. The SMILES string of the molecule is Cc1cncc(CNc2ccc(C#N)c(C(F)(F)F)c2)c1. The number of hydrogen-bond donors (Lipinski definition) is 1. The maximum absolute atomic E-state index is 12.8. The van der Waals surface area contributed by atoms with Crippen LogP contribution in [0.4, 0.5) is 18.9 Å². The van der Waals surface area contributed by atoms with E-state index in [4.69, 9.17) is 5.26 Å². The van der Waals surface area contributed by atoms with E-state index in [0.29, 0.717) is 12.2 Å². The summed E-state index contributed by atoms with van der Waals surface area (Å²) in [5, 5.41) is 11.6. The second-order valence-corrected chi connectivity index (χ2v) is 4.59. The monoisotopic (exact) mass is 291 g/mol. The quantitative estimate of drug-likeness (QED) is 0.933. The Bertz CT molecular complexity index is 687. The summed E-state index contributed by atoms with van der Waals surface area (Å²) in [7, 11) is 0. The molecule has 0 spiro atoms. The number of nitrogens with zero attached hydrogens (tertiary/aromatic N) is 2. The standard InChI is InChI=1S/C15H12F3N3/c1-10-4-11(8-20-7-10)9-21-13-3-2-12(6-19)14(5-13)15(16,17)18/h2-5,7-8,21H,9H2,1H3. The summed E-state index contributed by atoms with van der Waals surface area (Å²) in [5.74, 6) is 0. The Hall–Kier alpha value is -2.55. The van der Waals surface area contributed by atoms with Crippen LogP contribution in [0.25, 0.3) is 0 Å². The molecule has 6 heteroatoms. The Morgan fingerprint density at radius 2 is 2.00 bits per heavy atom. The Kier molecular flexibility index (Phi) is 4.13. The molecule has 1 heterocycles. The van der Waals surface area contributed by atoms with Crippen LogP contribution in [0.3, 0.4) is 0 Å². The predicted molar refractivity (Wildman–Crippen MR) is 72.5 cm³/mol. The highest BCUT2D eigenvalue weighted by molar-refractivity contribution is 5.53. The van der Waals surface area contributed by atoms with Gasteiger partial charge in [-0.1, -0.05) is 6.07 Å². The smallest absolute Gasteiger partial charge is 0.381 e. The van der Waals surface area contributed by atoms with E-state index in [2.05, 4.69) is 10.3 Å². The molecule has 2 rings (SSSR count). The number of halogens is 3. The Labute approximate surface area is 120 Å². The summed E-state index contributed by atoms with van der Waals surface area (Å²) in [6.07, 6.45) is -1.20. The zero-order valence-electron chi connectivity index (χ0n) is 11.2. The van der Waals surface area contributed by atoms with Crippen LogP contribution in [0, 0.1) is 18.3 Å². The molecule has 0 aliphatic heterocycles. The maximum atomic E-state index is 12.8. The molecule has 21 heavy (non-hydrogen) atoms. The van der Waals surface area contributed by atoms with Crippen molar-refractivity contribution in [3.05, 3.63) is 58.9 Å². The molecule has 1 aromatic heterocycles. The Morgan fingerprint density at radius 1 is 1.24 bits per heavy atom. The van der Waals surface area contributed by atoms with Gasteiger partial charge in [0.15, 0.2) is 0 Å². The highest BCUT2D eigenvalue weighted by Gasteiger charge is 2.33. The van der Waals surface area contributed by atoms with Crippen LogP contribution < -0.4 is 5.32 Å². The molecule has 0 atom stereocenters. The van der Waals surface area contributed by atoms with E-state index in [9.17, 15) is 13.2 Å². The summed E-state index contributed by atoms with van der Waals surface area (Å²) in [6.45, 7) is 2.25. The molecule has 1 aromatic carbocycles. The minimum absolute atomic E-state index is 0.308. The molecular weight excluding hydrogens is 279 g/mol. The van der Waals surface area contributed by atoms with Gasteiger partial charge in [0.25, 0.3) is 0 Å². The van der Waals surface area contributed by atoms with Crippen molar-refractivity contribution in [3.8, 4) is 6.07 Å². The lowest BCUT2D eigenvalue weighted by Gasteiger charge is -2.12. The Morgan fingerprint density at radius 3 is 2.62 bits per heavy atom. The van der Waals surface area contributed by atoms with Crippen LogP contribution in [0.5, 0.6) is 0 Å². The van der Waals surface area contributed by atoms with Gasteiger partial charge in [0.05, 0.1) is 17.2 Å². The first-order valence-corrected chi connectivity index (χ1v) is 6.16. The molecule has 0 saturated heterocycles. The molecule has 0 radical (unpaired) electrons. The van der Waals surface area contributed by atoms with Crippen LogP contribution in [0.15, 0.2) is 36.7 Å². The van der Waals surface area contributed by atoms with Gasteiger partial charge in [0.2, 0.25) is 0 Å². The van der Waals surface area contributed by atoms with Crippen molar-refractivity contribution < 1.29 is 13.2 Å². The largest absolute Gasteiger partial charge is 0.417 e. The lowest BCUT2D eigenvalue weighted by molar-refractivity contribution is -0.137. The van der Waals surface area contributed by atoms with Crippen molar-refractivity contribution in [2.24, 2.45) is 0 Å². The van der Waals surface area contributed by atoms with Crippen LogP contribution in [0.1, 0.15) is 22.3 Å². The number of alkyl halides is 3. The van der Waals surface area contributed by atoms with Crippen molar-refractivity contribution in [1.29, 1.82) is 5.26 Å². The predicted octanol–water partition coefficient (Wildman–Crippen LogP) is 3.89. The van der Waals surface area contributed by atoms with Gasteiger partial charge in [-0.3, -0.25) is 4.98 Å². The second kappa shape index (κ2) is 5.83. The first kappa shape index (κ1) is 14.9. The topological polar surface area (TPSA) is 48.7 Å². The van der Waals surface area contributed by atoms with E-state index >= 15 is 0 Å². The average molecular weight is 291 g/mol. The van der Waals surface area contributed by atoms with Crippen molar-refractivity contribution in [2.45, 2.75) is 19.6 Å². The van der Waals surface area contributed by atoms with Gasteiger partial charge in [0.1, 0.15) is 0 Å². The normalized spacial score (nSPS) is 11.0. The maximum Gasteiger partial charge on any atom is 0.417 e. The van der Waals surface area contributed by atoms with Crippen LogP contribution in [0.2, 0.25) is 0 Å². The van der Waals surface area contributed by atoms with Crippen molar-refractivity contribution in [3.63, 3.8) is 0 Å². The molecule has 108 valence electrons. The van der Waals surface area contributed by atoms with Crippen molar-refractivity contribution in [2.75, 3.05) is 5.32 Å². The van der Waals surface area contributed by atoms with Gasteiger partial charge < -0.3 is 5.32 Å². The van der Waals surface area contributed by atoms with Crippen LogP contribution in [-0.4, -0.2) is 4.98 Å². The van der Waals surface area contributed by atoms with Crippen LogP contribution in [-0.2, 0) is 12.7 Å². The summed E-state index contributed by atoms with van der Waals surface area (Å²) < 4.78 is 38.5. The summed E-state index contributed by atoms with van der Waals surface area (Å²) >= 11 is 0. The van der Waals surface area contributed by atoms with Gasteiger partial charge in [-0.25, -0.2) is 0 Å². The average Bonchev–Trinajstić information content (AvgIpc) is 2.44. The van der Waals surface area contributed by atoms with E-state index < -0.39 is 11.7 Å². The Balaban J connectivity index is 2.20. The van der Waals surface area contributed by atoms with E-state index in [-0.39, 0.29) is 5.56 Å². The first-order valence-electron chi connectivity index (χ1n) is 6.16. The van der Waals surface area contributed by atoms with E-state index in [1.165, 1.54) is 12.1 Å². The third-order valence-electron chi connectivity index (χ3n) is 2.87. The summed E-state index contributed by atoms with van der Waals surface area (Å²) in [5.41, 5.74) is 0.837. The molecule has 2 aromatic rings. The molecule has 0 bridgehead atoms. The molecule has 0 aliphatic carbocycles. The van der Waals surface area contributed by atoms with Gasteiger partial charge >= 0.3 is 6.18 Å². The van der Waals surface area contributed by atoms with Gasteiger partial charge in [-0.05, 0) is 36.2 Å². The van der Waals surface area contributed by atoms with Gasteiger partial charge in [-0.2, -0.15) is 18.4 Å². The van der Waals surface area contributed by atoms with Gasteiger partial charge in [-0.15, -0.1) is 0 Å². The summed E-state index contributed by atoms with van der Waals surface area (Å²) in [4.78, 5) is 4.02. The fourth-order valence-electron chi connectivity index (χ4n) is 1.90. The minimum Gasteiger partial charge on any atom is -0.381 e. The third kappa shape index (κ3) is 3.72. The molecule has 3 nitrogen and oxygen atoms in total. The molecule has 0 fully saturated rings. The molecule has 0 saturated carbocycles. The lowest BCUT2D eigenvalue weighted by Crippen LogP contribution is -2.09. The highest BCUT2D eigenvalue weighted by atomic mass is 19.4. The minimum atomic E-state index is -4.55. The fraction of sp³-hybridized carbons (Fsp3) is 0.200. The number of nitriles is 1. The van der Waals surface area contributed by atoms with Gasteiger partial charge in [0, 0.05) is 24.6 Å².